The number of anilines is 1. The van der Waals surface area contributed by atoms with Gasteiger partial charge in [0, 0.05) is 31.6 Å². The fraction of sp³-hybridized carbons (Fsp3) is 0.737. The Bertz CT molecular complexity index is 618. The molecule has 0 aromatic carbocycles. The van der Waals surface area contributed by atoms with Crippen LogP contribution in [0.3, 0.4) is 0 Å². The molecule has 1 aromatic heterocycles. The third kappa shape index (κ3) is 7.97. The molecule has 1 heterocycles. The molecule has 158 valence electrons. The van der Waals surface area contributed by atoms with Crippen LogP contribution in [0.1, 0.15) is 52.4 Å². The second-order valence-corrected chi connectivity index (χ2v) is 9.49. The van der Waals surface area contributed by atoms with Gasteiger partial charge in [0.25, 0.3) is 0 Å². The quantitative estimate of drug-likeness (QED) is 0.396. The Labute approximate surface area is 175 Å². The molecule has 1 aliphatic rings. The number of thioether (sulfide) groups is 1. The van der Waals surface area contributed by atoms with Crippen LogP contribution in [0.4, 0.5) is 9.93 Å². The lowest BCUT2D eigenvalue weighted by atomic mass is 9.86. The van der Waals surface area contributed by atoms with Crippen molar-refractivity contribution >= 4 is 40.2 Å². The van der Waals surface area contributed by atoms with Crippen molar-refractivity contribution in [1.82, 2.24) is 9.88 Å². The maximum absolute atomic E-state index is 12.9. The van der Waals surface area contributed by atoms with Crippen molar-refractivity contribution in [3.05, 3.63) is 6.20 Å². The number of hydrogen-bond acceptors (Lipinski definition) is 6. The molecule has 1 aromatic rings. The van der Waals surface area contributed by atoms with Crippen LogP contribution >= 0.6 is 23.1 Å². The van der Waals surface area contributed by atoms with E-state index in [4.69, 9.17) is 9.84 Å². The topological polar surface area (TPSA) is 91.8 Å². The molecular weight excluding hydrogens is 398 g/mol. The van der Waals surface area contributed by atoms with Crippen LogP contribution in [0.2, 0.25) is 0 Å². The largest absolute Gasteiger partial charge is 0.481 e. The lowest BCUT2D eigenvalue weighted by Crippen LogP contribution is -2.45. The van der Waals surface area contributed by atoms with Gasteiger partial charge in [0.05, 0.1) is 16.8 Å². The number of urea groups is 1. The van der Waals surface area contributed by atoms with E-state index in [1.54, 1.807) is 6.20 Å². The molecule has 1 aliphatic carbocycles. The van der Waals surface area contributed by atoms with Gasteiger partial charge in [0.1, 0.15) is 0 Å². The van der Waals surface area contributed by atoms with E-state index in [2.05, 4.69) is 17.2 Å². The SMILES string of the molecule is CCOCCCN(C(=O)Nc1ncc(SCCC(=O)O)s1)C1CCC(C)CC1. The molecule has 7 nitrogen and oxygen atoms in total. The molecule has 28 heavy (non-hydrogen) atoms. The third-order valence-corrected chi connectivity index (χ3v) is 6.95. The van der Waals surface area contributed by atoms with E-state index in [0.717, 1.165) is 42.2 Å². The van der Waals surface area contributed by atoms with Gasteiger partial charge >= 0.3 is 12.0 Å². The van der Waals surface area contributed by atoms with Gasteiger partial charge in [-0.1, -0.05) is 18.3 Å². The molecule has 9 heteroatoms. The number of aromatic nitrogens is 1. The summed E-state index contributed by atoms with van der Waals surface area (Å²) < 4.78 is 6.34. The van der Waals surface area contributed by atoms with Gasteiger partial charge in [0.15, 0.2) is 5.13 Å². The number of hydrogen-bond donors (Lipinski definition) is 2. The summed E-state index contributed by atoms with van der Waals surface area (Å²) >= 11 is 2.83. The minimum absolute atomic E-state index is 0.104. The zero-order valence-corrected chi connectivity index (χ0v) is 18.3. The van der Waals surface area contributed by atoms with Gasteiger partial charge in [-0.3, -0.25) is 10.1 Å². The van der Waals surface area contributed by atoms with Gasteiger partial charge in [-0.25, -0.2) is 9.78 Å². The molecule has 0 aliphatic heterocycles. The van der Waals surface area contributed by atoms with Crippen molar-refractivity contribution in [3.8, 4) is 0 Å². The lowest BCUT2D eigenvalue weighted by Gasteiger charge is -2.36. The highest BCUT2D eigenvalue weighted by Gasteiger charge is 2.27. The van der Waals surface area contributed by atoms with E-state index in [0.29, 0.717) is 30.6 Å². The zero-order chi connectivity index (χ0) is 20.4. The number of ether oxygens (including phenoxy) is 1. The first-order valence-electron chi connectivity index (χ1n) is 9.95. The molecule has 0 atom stereocenters. The van der Waals surface area contributed by atoms with Crippen LogP contribution in [0, 0.1) is 5.92 Å². The smallest absolute Gasteiger partial charge is 0.323 e. The van der Waals surface area contributed by atoms with Crippen LogP contribution in [0.25, 0.3) is 0 Å². The monoisotopic (exact) mass is 429 g/mol. The van der Waals surface area contributed by atoms with Gasteiger partial charge < -0.3 is 14.7 Å². The molecule has 2 rings (SSSR count). The summed E-state index contributed by atoms with van der Waals surface area (Å²) in [6, 6.07) is 0.162. The van der Waals surface area contributed by atoms with Gasteiger partial charge in [-0.2, -0.15) is 0 Å². The molecular formula is C19H31N3O4S2. The van der Waals surface area contributed by atoms with E-state index < -0.39 is 5.97 Å². The molecule has 1 fully saturated rings. The van der Waals surface area contributed by atoms with Crippen molar-refractivity contribution in [2.75, 3.05) is 30.8 Å². The third-order valence-electron chi connectivity index (χ3n) is 4.84. The maximum atomic E-state index is 12.9. The summed E-state index contributed by atoms with van der Waals surface area (Å²) in [7, 11) is 0. The normalized spacial score (nSPS) is 19.4. The van der Waals surface area contributed by atoms with Crippen molar-refractivity contribution in [2.24, 2.45) is 5.92 Å². The summed E-state index contributed by atoms with van der Waals surface area (Å²) in [4.78, 5) is 29.8. The Morgan fingerprint density at radius 3 is 2.82 bits per heavy atom. The molecule has 0 spiro atoms. The van der Waals surface area contributed by atoms with Gasteiger partial charge in [-0.05, 0) is 44.9 Å². The Hall–Kier alpha value is -1.32. The molecule has 0 radical (unpaired) electrons. The van der Waals surface area contributed by atoms with Crippen LogP contribution in [0.5, 0.6) is 0 Å². The second kappa shape index (κ2) is 12.3. The molecule has 0 unspecified atom stereocenters. The van der Waals surface area contributed by atoms with Crippen molar-refractivity contribution in [2.45, 2.75) is 62.6 Å². The predicted molar refractivity (Wildman–Crippen MR) is 113 cm³/mol. The number of carboxylic acid groups (broad SMARTS) is 1. The maximum Gasteiger partial charge on any atom is 0.323 e. The average molecular weight is 430 g/mol. The number of nitrogens with zero attached hydrogens (tertiary/aromatic N) is 2. The number of amides is 2. The average Bonchev–Trinajstić information content (AvgIpc) is 3.09. The molecule has 0 saturated heterocycles. The number of carboxylic acids is 1. The van der Waals surface area contributed by atoms with Crippen LogP contribution in [-0.2, 0) is 9.53 Å². The van der Waals surface area contributed by atoms with Crippen molar-refractivity contribution < 1.29 is 19.4 Å². The number of carbonyl (C=O) groups is 2. The summed E-state index contributed by atoms with van der Waals surface area (Å²) in [5.41, 5.74) is 0. The first kappa shape index (κ1) is 23.0. The summed E-state index contributed by atoms with van der Waals surface area (Å²) in [5.74, 6) is 0.415. The van der Waals surface area contributed by atoms with E-state index in [1.165, 1.54) is 23.1 Å². The standard InChI is InChI=1S/C19H31N3O4S2/c1-3-26-11-4-10-22(15-7-5-14(2)6-8-15)19(25)21-18-20-13-17(28-18)27-12-9-16(23)24/h13-15H,3-12H2,1-2H3,(H,23,24)(H,20,21,25). The summed E-state index contributed by atoms with van der Waals surface area (Å²) in [5, 5.41) is 12.2. The fourth-order valence-electron chi connectivity index (χ4n) is 3.27. The molecule has 2 N–H and O–H groups in total. The van der Waals surface area contributed by atoms with Crippen LogP contribution < -0.4 is 5.32 Å². The van der Waals surface area contributed by atoms with Crippen molar-refractivity contribution in [3.63, 3.8) is 0 Å². The zero-order valence-electron chi connectivity index (χ0n) is 16.7. The van der Waals surface area contributed by atoms with Crippen LogP contribution in [0.15, 0.2) is 10.4 Å². The van der Waals surface area contributed by atoms with Gasteiger partial charge in [-0.15, -0.1) is 11.8 Å². The number of carbonyl (C=O) groups excluding carboxylic acids is 1. The minimum Gasteiger partial charge on any atom is -0.481 e. The van der Waals surface area contributed by atoms with Crippen molar-refractivity contribution in [1.29, 1.82) is 0 Å². The Morgan fingerprint density at radius 1 is 1.39 bits per heavy atom. The van der Waals surface area contributed by atoms with Gasteiger partial charge in [0.2, 0.25) is 0 Å². The summed E-state index contributed by atoms with van der Waals surface area (Å²) in [6.07, 6.45) is 7.01. The number of rotatable bonds is 11. The Balaban J connectivity index is 1.91. The highest BCUT2D eigenvalue weighted by atomic mass is 32.2. The number of thiazole rings is 1. The number of aliphatic carboxylic acids is 1. The predicted octanol–water partition coefficient (Wildman–Crippen LogP) is 4.55. The highest BCUT2D eigenvalue weighted by molar-refractivity contribution is 8.01. The first-order valence-corrected chi connectivity index (χ1v) is 11.8. The minimum atomic E-state index is -0.810. The highest BCUT2D eigenvalue weighted by Crippen LogP contribution is 2.30. The first-order chi connectivity index (χ1) is 13.5. The van der Waals surface area contributed by atoms with E-state index >= 15 is 0 Å². The van der Waals surface area contributed by atoms with E-state index in [9.17, 15) is 9.59 Å². The fourth-order valence-corrected chi connectivity index (χ4v) is 5.14. The molecule has 1 saturated carbocycles. The summed E-state index contributed by atoms with van der Waals surface area (Å²) in [6.45, 7) is 6.27. The Morgan fingerprint density at radius 2 is 2.14 bits per heavy atom. The van der Waals surface area contributed by atoms with E-state index in [1.807, 2.05) is 11.8 Å². The Kier molecular flexibility index (Phi) is 10.1. The second-order valence-electron chi connectivity index (χ2n) is 7.06. The molecule has 2 amide bonds. The van der Waals surface area contributed by atoms with E-state index in [-0.39, 0.29) is 18.5 Å². The lowest BCUT2D eigenvalue weighted by molar-refractivity contribution is -0.136. The number of nitrogens with one attached hydrogen (secondary N) is 1. The van der Waals surface area contributed by atoms with Crippen LogP contribution in [-0.4, -0.2) is 58.5 Å². The molecule has 0 bridgehead atoms.